The number of para-hydroxylation sites is 1. The van der Waals surface area contributed by atoms with Crippen molar-refractivity contribution in [2.45, 2.75) is 6.92 Å². The summed E-state index contributed by atoms with van der Waals surface area (Å²) in [5, 5.41) is 5.04. The number of carbonyl (C=O) groups is 2. The lowest BCUT2D eigenvalue weighted by molar-refractivity contribution is 0.102. The minimum atomic E-state index is -0.947. The Bertz CT molecular complexity index is 1020. The fourth-order valence-electron chi connectivity index (χ4n) is 2.55. The van der Waals surface area contributed by atoms with Gasteiger partial charge >= 0.3 is 0 Å². The third-order valence-electron chi connectivity index (χ3n) is 3.96. The lowest BCUT2D eigenvalue weighted by atomic mass is 10.1. The minimum Gasteiger partial charge on any atom is -0.322 e. The van der Waals surface area contributed by atoms with Gasteiger partial charge in [-0.3, -0.25) is 9.59 Å². The Labute approximate surface area is 154 Å². The van der Waals surface area contributed by atoms with E-state index in [9.17, 15) is 18.4 Å². The largest absolute Gasteiger partial charge is 0.322 e. The van der Waals surface area contributed by atoms with Crippen LogP contribution in [-0.2, 0) is 0 Å². The van der Waals surface area contributed by atoms with Gasteiger partial charge in [0.25, 0.3) is 11.8 Å². The highest BCUT2D eigenvalue weighted by Crippen LogP contribution is 2.19. The molecule has 6 heteroatoms. The van der Waals surface area contributed by atoms with Gasteiger partial charge in [0.05, 0.1) is 11.1 Å². The van der Waals surface area contributed by atoms with Crippen molar-refractivity contribution in [3.8, 4) is 0 Å². The maximum Gasteiger partial charge on any atom is 0.258 e. The number of carbonyl (C=O) groups excluding carboxylic acids is 2. The van der Waals surface area contributed by atoms with E-state index in [1.165, 1.54) is 36.4 Å². The number of rotatable bonds is 4. The Morgan fingerprint density at radius 2 is 1.41 bits per heavy atom. The second-order valence-corrected chi connectivity index (χ2v) is 5.90. The summed E-state index contributed by atoms with van der Waals surface area (Å²) in [6, 6.07) is 16.3. The molecule has 0 aliphatic rings. The maximum atomic E-state index is 14.8. The Morgan fingerprint density at radius 1 is 0.778 bits per heavy atom. The van der Waals surface area contributed by atoms with Crippen LogP contribution in [0.1, 0.15) is 26.3 Å². The molecule has 0 atom stereocenters. The van der Waals surface area contributed by atoms with Gasteiger partial charge in [0.15, 0.2) is 0 Å². The molecule has 0 heterocycles. The van der Waals surface area contributed by atoms with Crippen LogP contribution in [0.5, 0.6) is 0 Å². The van der Waals surface area contributed by atoms with Crippen LogP contribution in [0.25, 0.3) is 0 Å². The van der Waals surface area contributed by atoms with Crippen molar-refractivity contribution in [1.82, 2.24) is 0 Å². The van der Waals surface area contributed by atoms with Crippen LogP contribution in [0.15, 0.2) is 66.7 Å². The van der Waals surface area contributed by atoms with Crippen molar-refractivity contribution >= 4 is 23.2 Å². The zero-order valence-electron chi connectivity index (χ0n) is 14.4. The van der Waals surface area contributed by atoms with E-state index in [1.54, 1.807) is 12.1 Å². The summed E-state index contributed by atoms with van der Waals surface area (Å²) < 4.78 is 28.0. The van der Waals surface area contributed by atoms with Crippen LogP contribution < -0.4 is 10.6 Å². The number of amides is 2. The number of nitrogens with one attached hydrogen (secondary N) is 2. The number of aryl methyl sites for hydroxylation is 1. The van der Waals surface area contributed by atoms with E-state index in [1.807, 2.05) is 19.1 Å². The first-order valence-corrected chi connectivity index (χ1v) is 8.18. The molecule has 4 nitrogen and oxygen atoms in total. The van der Waals surface area contributed by atoms with Gasteiger partial charge in [0.1, 0.15) is 11.6 Å². The second kappa shape index (κ2) is 7.78. The molecule has 0 aliphatic heterocycles. The van der Waals surface area contributed by atoms with Gasteiger partial charge in [-0.05, 0) is 48.9 Å². The third-order valence-corrected chi connectivity index (χ3v) is 3.96. The average Bonchev–Trinajstić information content (AvgIpc) is 2.63. The Morgan fingerprint density at radius 3 is 2.07 bits per heavy atom. The molecule has 2 N–H and O–H groups in total. The van der Waals surface area contributed by atoms with Crippen molar-refractivity contribution in [3.05, 3.63) is 95.1 Å². The number of hydrogen-bond acceptors (Lipinski definition) is 2. The lowest BCUT2D eigenvalue weighted by Crippen LogP contribution is -2.19. The summed E-state index contributed by atoms with van der Waals surface area (Å²) >= 11 is 0. The van der Waals surface area contributed by atoms with Crippen molar-refractivity contribution in [1.29, 1.82) is 0 Å². The summed E-state index contributed by atoms with van der Waals surface area (Å²) in [6.45, 7) is 1.81. The van der Waals surface area contributed by atoms with Crippen molar-refractivity contribution in [3.63, 3.8) is 0 Å². The molecule has 2 amide bonds. The van der Waals surface area contributed by atoms with Gasteiger partial charge in [-0.2, -0.15) is 0 Å². The molecule has 0 saturated heterocycles. The maximum absolute atomic E-state index is 14.8. The van der Waals surface area contributed by atoms with Crippen molar-refractivity contribution in [2.75, 3.05) is 10.6 Å². The Balaban J connectivity index is 1.84. The SMILES string of the molecule is Cc1ccccc1NC(=O)c1cccc(C(=O)Nc2cccc(F)c2)c1F. The fourth-order valence-corrected chi connectivity index (χ4v) is 2.55. The number of halogens is 2. The number of hydrogen-bond donors (Lipinski definition) is 2. The van der Waals surface area contributed by atoms with Crippen LogP contribution >= 0.6 is 0 Å². The molecule has 0 radical (unpaired) electrons. The van der Waals surface area contributed by atoms with E-state index >= 15 is 0 Å². The molecule has 3 aromatic carbocycles. The van der Waals surface area contributed by atoms with E-state index in [0.29, 0.717) is 5.69 Å². The highest BCUT2D eigenvalue weighted by molar-refractivity contribution is 6.09. The first kappa shape index (κ1) is 18.3. The van der Waals surface area contributed by atoms with E-state index in [2.05, 4.69) is 10.6 Å². The molecule has 0 saturated carbocycles. The molecule has 136 valence electrons. The number of anilines is 2. The van der Waals surface area contributed by atoms with Gasteiger partial charge in [-0.25, -0.2) is 8.78 Å². The van der Waals surface area contributed by atoms with E-state index < -0.39 is 23.4 Å². The standard InChI is InChI=1S/C21H16F2N2O2/c1-13-6-2-3-11-18(13)25-21(27)17-10-5-9-16(19(17)23)20(26)24-15-8-4-7-14(22)12-15/h2-12H,1H3,(H,24,26)(H,25,27). The molecule has 0 unspecified atom stereocenters. The zero-order chi connectivity index (χ0) is 19.4. The molecule has 3 aromatic rings. The van der Waals surface area contributed by atoms with Crippen LogP contribution in [-0.4, -0.2) is 11.8 Å². The van der Waals surface area contributed by atoms with Crippen LogP contribution in [0.4, 0.5) is 20.2 Å². The van der Waals surface area contributed by atoms with Crippen LogP contribution in [0.3, 0.4) is 0 Å². The molecule has 0 spiro atoms. The van der Waals surface area contributed by atoms with Crippen LogP contribution in [0, 0.1) is 18.6 Å². The van der Waals surface area contributed by atoms with Gasteiger partial charge < -0.3 is 10.6 Å². The fraction of sp³-hybridized carbons (Fsp3) is 0.0476. The predicted octanol–water partition coefficient (Wildman–Crippen LogP) is 4.78. The quantitative estimate of drug-likeness (QED) is 0.698. The number of benzene rings is 3. The Hall–Kier alpha value is -3.54. The molecule has 0 aliphatic carbocycles. The molecular formula is C21H16F2N2O2. The lowest BCUT2D eigenvalue weighted by Gasteiger charge is -2.11. The molecule has 0 bridgehead atoms. The van der Waals surface area contributed by atoms with Gasteiger partial charge in [-0.15, -0.1) is 0 Å². The molecular weight excluding hydrogens is 350 g/mol. The summed E-state index contributed by atoms with van der Waals surface area (Å²) in [4.78, 5) is 24.8. The van der Waals surface area contributed by atoms with Gasteiger partial charge in [-0.1, -0.05) is 30.3 Å². The molecule has 0 aromatic heterocycles. The molecule has 27 heavy (non-hydrogen) atoms. The van der Waals surface area contributed by atoms with Crippen LogP contribution in [0.2, 0.25) is 0 Å². The Kier molecular flexibility index (Phi) is 5.26. The molecule has 3 rings (SSSR count). The highest BCUT2D eigenvalue weighted by atomic mass is 19.1. The molecule has 0 fully saturated rings. The smallest absolute Gasteiger partial charge is 0.258 e. The minimum absolute atomic E-state index is 0.189. The topological polar surface area (TPSA) is 58.2 Å². The second-order valence-electron chi connectivity index (χ2n) is 5.90. The average molecular weight is 366 g/mol. The van der Waals surface area contributed by atoms with Crippen molar-refractivity contribution in [2.24, 2.45) is 0 Å². The van der Waals surface area contributed by atoms with Crippen molar-refractivity contribution < 1.29 is 18.4 Å². The van der Waals surface area contributed by atoms with Gasteiger partial charge in [0.2, 0.25) is 0 Å². The summed E-state index contributed by atoms with van der Waals surface area (Å²) in [5.41, 5.74) is 0.999. The highest BCUT2D eigenvalue weighted by Gasteiger charge is 2.20. The predicted molar refractivity (Wildman–Crippen MR) is 99.9 cm³/mol. The van der Waals surface area contributed by atoms with E-state index in [0.717, 1.165) is 11.6 Å². The van der Waals surface area contributed by atoms with Gasteiger partial charge in [0, 0.05) is 11.4 Å². The van der Waals surface area contributed by atoms with E-state index in [4.69, 9.17) is 0 Å². The monoisotopic (exact) mass is 366 g/mol. The zero-order valence-corrected chi connectivity index (χ0v) is 14.4. The summed E-state index contributed by atoms with van der Waals surface area (Å²) in [7, 11) is 0. The third kappa shape index (κ3) is 4.17. The normalized spacial score (nSPS) is 10.3. The first-order chi connectivity index (χ1) is 13.0. The first-order valence-electron chi connectivity index (χ1n) is 8.18. The summed E-state index contributed by atoms with van der Waals surface area (Å²) in [5.74, 6) is -2.91. The van der Waals surface area contributed by atoms with E-state index in [-0.39, 0.29) is 16.8 Å². The summed E-state index contributed by atoms with van der Waals surface area (Å²) in [6.07, 6.45) is 0.